The zero-order valence-corrected chi connectivity index (χ0v) is 13.9. The summed E-state index contributed by atoms with van der Waals surface area (Å²) in [5, 5.41) is 2.76. The molecule has 0 spiro atoms. The van der Waals surface area contributed by atoms with Crippen molar-refractivity contribution in [3.63, 3.8) is 0 Å². The van der Waals surface area contributed by atoms with Crippen LogP contribution in [0, 0.1) is 11.7 Å². The van der Waals surface area contributed by atoms with Crippen LogP contribution >= 0.6 is 0 Å². The molecule has 5 nitrogen and oxygen atoms in total. The van der Waals surface area contributed by atoms with Gasteiger partial charge in [0.15, 0.2) is 0 Å². The van der Waals surface area contributed by atoms with Crippen LogP contribution in [0.4, 0.5) is 4.39 Å². The zero-order chi connectivity index (χ0) is 16.8. The van der Waals surface area contributed by atoms with Crippen LogP contribution in [0.5, 0.6) is 0 Å². The molecule has 124 valence electrons. The van der Waals surface area contributed by atoms with E-state index in [1.54, 1.807) is 0 Å². The minimum Gasteiger partial charge on any atom is -0.356 e. The van der Waals surface area contributed by atoms with Crippen LogP contribution in [0.25, 0.3) is 0 Å². The third-order valence-corrected chi connectivity index (χ3v) is 3.77. The standard InChI is InChI=1S/C15H23FN2O3S/c1-11(2)8-9-17-15(19)10-14(18-22(3,20)21)12-4-6-13(16)7-5-12/h4-7,11,14,18H,8-10H2,1-3H3,(H,17,19)/t14-/m1/s1. The SMILES string of the molecule is CC(C)CCNC(=O)C[C@@H](NS(C)(=O)=O)c1ccc(F)cc1. The van der Waals surface area contributed by atoms with Crippen LogP contribution in [-0.2, 0) is 14.8 Å². The van der Waals surface area contributed by atoms with Crippen molar-refractivity contribution >= 4 is 15.9 Å². The van der Waals surface area contributed by atoms with E-state index in [9.17, 15) is 17.6 Å². The Labute approximate surface area is 131 Å². The summed E-state index contributed by atoms with van der Waals surface area (Å²) < 4.78 is 38.3. The summed E-state index contributed by atoms with van der Waals surface area (Å²) in [5.41, 5.74) is 0.547. The molecule has 2 N–H and O–H groups in total. The van der Waals surface area contributed by atoms with Gasteiger partial charge in [-0.3, -0.25) is 4.79 Å². The molecule has 1 aromatic rings. The van der Waals surface area contributed by atoms with Gasteiger partial charge in [-0.25, -0.2) is 17.5 Å². The van der Waals surface area contributed by atoms with Crippen molar-refractivity contribution in [2.75, 3.05) is 12.8 Å². The average molecular weight is 330 g/mol. The van der Waals surface area contributed by atoms with Crippen LogP contribution in [0.1, 0.15) is 38.3 Å². The fourth-order valence-corrected chi connectivity index (χ4v) is 2.68. The number of carbonyl (C=O) groups excluding carboxylic acids is 1. The van der Waals surface area contributed by atoms with Crippen LogP contribution in [0.3, 0.4) is 0 Å². The molecule has 1 aromatic carbocycles. The maximum absolute atomic E-state index is 13.0. The molecule has 22 heavy (non-hydrogen) atoms. The molecule has 0 bridgehead atoms. The Bertz CT molecular complexity index is 585. The van der Waals surface area contributed by atoms with Crippen LogP contribution in [0.15, 0.2) is 24.3 Å². The van der Waals surface area contributed by atoms with E-state index in [-0.39, 0.29) is 12.3 Å². The number of benzene rings is 1. The average Bonchev–Trinajstić information content (AvgIpc) is 2.36. The molecule has 0 saturated heterocycles. The second-order valence-corrected chi connectivity index (χ2v) is 7.51. The normalized spacial score (nSPS) is 13.1. The molecular weight excluding hydrogens is 307 g/mol. The number of hydrogen-bond acceptors (Lipinski definition) is 3. The predicted molar refractivity (Wildman–Crippen MR) is 84.2 cm³/mol. The summed E-state index contributed by atoms with van der Waals surface area (Å²) in [6.45, 7) is 4.66. The molecule has 0 aromatic heterocycles. The molecule has 0 radical (unpaired) electrons. The quantitative estimate of drug-likeness (QED) is 0.765. The van der Waals surface area contributed by atoms with Gasteiger partial charge in [0.2, 0.25) is 15.9 Å². The fraction of sp³-hybridized carbons (Fsp3) is 0.533. The molecule has 1 atom stereocenters. The van der Waals surface area contributed by atoms with Crippen molar-refractivity contribution in [1.82, 2.24) is 10.0 Å². The van der Waals surface area contributed by atoms with Gasteiger partial charge in [-0.15, -0.1) is 0 Å². The highest BCUT2D eigenvalue weighted by Crippen LogP contribution is 2.18. The van der Waals surface area contributed by atoms with Crippen molar-refractivity contribution in [3.05, 3.63) is 35.6 Å². The lowest BCUT2D eigenvalue weighted by Gasteiger charge is -2.18. The first-order chi connectivity index (χ1) is 10.2. The number of nitrogens with one attached hydrogen (secondary N) is 2. The Kier molecular flexibility index (Phi) is 6.96. The van der Waals surface area contributed by atoms with Gasteiger partial charge in [-0.1, -0.05) is 26.0 Å². The number of carbonyl (C=O) groups is 1. The van der Waals surface area contributed by atoms with Gasteiger partial charge in [-0.05, 0) is 30.0 Å². The minimum absolute atomic E-state index is 0.0310. The monoisotopic (exact) mass is 330 g/mol. The highest BCUT2D eigenvalue weighted by atomic mass is 32.2. The molecule has 0 unspecified atom stereocenters. The molecule has 0 saturated carbocycles. The first-order valence-corrected chi connectivity index (χ1v) is 9.06. The summed E-state index contributed by atoms with van der Waals surface area (Å²) in [5.74, 6) is -0.184. The van der Waals surface area contributed by atoms with Crippen molar-refractivity contribution in [2.45, 2.75) is 32.7 Å². The zero-order valence-electron chi connectivity index (χ0n) is 13.1. The van der Waals surface area contributed by atoms with E-state index in [1.807, 2.05) is 0 Å². The summed E-state index contributed by atoms with van der Waals surface area (Å²) in [4.78, 5) is 11.9. The third-order valence-electron chi connectivity index (χ3n) is 3.06. The Morgan fingerprint density at radius 1 is 1.23 bits per heavy atom. The van der Waals surface area contributed by atoms with E-state index in [4.69, 9.17) is 0 Å². The van der Waals surface area contributed by atoms with Crippen molar-refractivity contribution in [1.29, 1.82) is 0 Å². The molecule has 0 fully saturated rings. The van der Waals surface area contributed by atoms with Gasteiger partial charge in [-0.2, -0.15) is 0 Å². The first-order valence-electron chi connectivity index (χ1n) is 7.17. The number of sulfonamides is 1. The molecule has 7 heteroatoms. The molecule has 0 aliphatic carbocycles. The second-order valence-electron chi connectivity index (χ2n) is 5.73. The number of amides is 1. The van der Waals surface area contributed by atoms with Crippen molar-refractivity contribution in [2.24, 2.45) is 5.92 Å². The van der Waals surface area contributed by atoms with E-state index in [0.29, 0.717) is 18.0 Å². The maximum Gasteiger partial charge on any atom is 0.221 e. The van der Waals surface area contributed by atoms with E-state index < -0.39 is 21.9 Å². The Morgan fingerprint density at radius 3 is 2.32 bits per heavy atom. The second kappa shape index (κ2) is 8.24. The largest absolute Gasteiger partial charge is 0.356 e. The molecule has 1 rings (SSSR count). The molecule has 0 heterocycles. The highest BCUT2D eigenvalue weighted by Gasteiger charge is 2.19. The molecule has 1 amide bonds. The van der Waals surface area contributed by atoms with Crippen LogP contribution < -0.4 is 10.0 Å². The van der Waals surface area contributed by atoms with Gasteiger partial charge < -0.3 is 5.32 Å². The van der Waals surface area contributed by atoms with E-state index in [2.05, 4.69) is 23.9 Å². The lowest BCUT2D eigenvalue weighted by molar-refractivity contribution is -0.121. The lowest BCUT2D eigenvalue weighted by atomic mass is 10.0. The summed E-state index contributed by atoms with van der Waals surface area (Å²) in [7, 11) is -3.48. The van der Waals surface area contributed by atoms with E-state index in [1.165, 1.54) is 24.3 Å². The summed E-state index contributed by atoms with van der Waals surface area (Å²) >= 11 is 0. The minimum atomic E-state index is -3.48. The van der Waals surface area contributed by atoms with Crippen molar-refractivity contribution in [3.8, 4) is 0 Å². The highest BCUT2D eigenvalue weighted by molar-refractivity contribution is 7.88. The van der Waals surface area contributed by atoms with Gasteiger partial charge >= 0.3 is 0 Å². The first kappa shape index (κ1) is 18.6. The third kappa shape index (κ3) is 7.51. The summed E-state index contributed by atoms with van der Waals surface area (Å²) in [6, 6.07) is 4.71. The predicted octanol–water partition coefficient (Wildman–Crippen LogP) is 1.97. The Morgan fingerprint density at radius 2 is 1.82 bits per heavy atom. The Hall–Kier alpha value is -1.47. The van der Waals surface area contributed by atoms with Gasteiger partial charge in [0.25, 0.3) is 0 Å². The van der Waals surface area contributed by atoms with Gasteiger partial charge in [0, 0.05) is 13.0 Å². The molecular formula is C15H23FN2O3S. The van der Waals surface area contributed by atoms with Gasteiger partial charge in [0.1, 0.15) is 5.82 Å². The number of rotatable bonds is 8. The lowest BCUT2D eigenvalue weighted by Crippen LogP contribution is -2.33. The van der Waals surface area contributed by atoms with Crippen LogP contribution in [-0.4, -0.2) is 27.1 Å². The Balaban J connectivity index is 2.74. The smallest absolute Gasteiger partial charge is 0.221 e. The summed E-state index contributed by atoms with van der Waals surface area (Å²) in [6.07, 6.45) is 1.85. The van der Waals surface area contributed by atoms with E-state index >= 15 is 0 Å². The van der Waals surface area contributed by atoms with Gasteiger partial charge in [0.05, 0.1) is 12.3 Å². The molecule has 0 aliphatic heterocycles. The van der Waals surface area contributed by atoms with Crippen LogP contribution in [0.2, 0.25) is 0 Å². The fourth-order valence-electron chi connectivity index (χ4n) is 1.94. The number of hydrogen-bond donors (Lipinski definition) is 2. The maximum atomic E-state index is 13.0. The number of halogens is 1. The molecule has 0 aliphatic rings. The van der Waals surface area contributed by atoms with E-state index in [0.717, 1.165) is 12.7 Å². The topological polar surface area (TPSA) is 75.3 Å². The van der Waals surface area contributed by atoms with Crippen molar-refractivity contribution < 1.29 is 17.6 Å².